The van der Waals surface area contributed by atoms with Crippen molar-refractivity contribution in [2.24, 2.45) is 5.73 Å². The molecule has 0 heterocycles. The fraction of sp³-hybridized carbons (Fsp3) is 0.375. The van der Waals surface area contributed by atoms with Crippen LogP contribution in [0.2, 0.25) is 0 Å². The van der Waals surface area contributed by atoms with Crippen molar-refractivity contribution in [3.63, 3.8) is 0 Å². The van der Waals surface area contributed by atoms with Crippen LogP contribution in [-0.4, -0.2) is 59.7 Å². The molecule has 1 aromatic carbocycles. The second-order valence-corrected chi connectivity index (χ2v) is 5.74. The largest absolute Gasteiger partial charge is 0.480 e. The number of hydrogen-bond donors (Lipinski definition) is 6. The van der Waals surface area contributed by atoms with Crippen LogP contribution in [0.4, 0.5) is 0 Å². The van der Waals surface area contributed by atoms with Crippen molar-refractivity contribution in [2.45, 2.75) is 18.5 Å². The Hall–Kier alpha value is -2.59. The lowest BCUT2D eigenvalue weighted by Crippen LogP contribution is -2.52. The molecule has 3 amide bonds. The summed E-state index contributed by atoms with van der Waals surface area (Å²) in [5.74, 6) is -2.98. The summed E-state index contributed by atoms with van der Waals surface area (Å²) in [5, 5.41) is 16.3. The molecule has 0 saturated heterocycles. The summed E-state index contributed by atoms with van der Waals surface area (Å²) in [4.78, 5) is 46.4. The number of rotatable bonds is 10. The minimum Gasteiger partial charge on any atom is -0.480 e. The number of carboxylic acid groups (broad SMARTS) is 1. The van der Waals surface area contributed by atoms with Crippen molar-refractivity contribution >= 4 is 36.3 Å². The summed E-state index contributed by atoms with van der Waals surface area (Å²) in [5.41, 5.74) is 5.91. The number of amides is 3. The van der Waals surface area contributed by atoms with Gasteiger partial charge in [0.1, 0.15) is 12.1 Å². The number of carbonyl (C=O) groups is 4. The molecule has 0 spiro atoms. The maximum absolute atomic E-state index is 11.9. The van der Waals surface area contributed by atoms with E-state index in [-0.39, 0.29) is 18.7 Å². The van der Waals surface area contributed by atoms with Gasteiger partial charge in [-0.1, -0.05) is 30.3 Å². The number of thiol groups is 1. The molecule has 6 N–H and O–H groups in total. The van der Waals surface area contributed by atoms with Crippen LogP contribution in [-0.2, 0) is 25.6 Å². The maximum Gasteiger partial charge on any atom is 0.326 e. The quantitative estimate of drug-likeness (QED) is 0.265. The minimum atomic E-state index is -1.18. The number of aliphatic carboxylic acids is 1. The molecule has 0 aliphatic rings. The molecule has 0 aliphatic heterocycles. The van der Waals surface area contributed by atoms with Crippen LogP contribution in [0, 0.1) is 0 Å². The molecule has 0 bridgehead atoms. The predicted molar refractivity (Wildman–Crippen MR) is 97.6 cm³/mol. The second-order valence-electron chi connectivity index (χ2n) is 5.37. The van der Waals surface area contributed by atoms with Crippen molar-refractivity contribution in [3.05, 3.63) is 35.9 Å². The van der Waals surface area contributed by atoms with Crippen LogP contribution in [0.3, 0.4) is 0 Å². The van der Waals surface area contributed by atoms with Gasteiger partial charge in [0.2, 0.25) is 17.7 Å². The molecule has 1 aromatic rings. The van der Waals surface area contributed by atoms with Gasteiger partial charge in [-0.15, -0.1) is 0 Å². The summed E-state index contributed by atoms with van der Waals surface area (Å²) in [6.45, 7) is -0.710. The summed E-state index contributed by atoms with van der Waals surface area (Å²) in [6, 6.07) is 6.77. The van der Waals surface area contributed by atoms with Gasteiger partial charge in [0, 0.05) is 12.2 Å². The molecule has 2 atom stereocenters. The van der Waals surface area contributed by atoms with Gasteiger partial charge in [0.15, 0.2) is 0 Å². The van der Waals surface area contributed by atoms with Crippen LogP contribution < -0.4 is 21.7 Å². The highest BCUT2D eigenvalue weighted by atomic mass is 32.1. The molecule has 0 aliphatic carbocycles. The Morgan fingerprint density at radius 1 is 1.04 bits per heavy atom. The number of benzene rings is 1. The van der Waals surface area contributed by atoms with Crippen molar-refractivity contribution in [1.29, 1.82) is 0 Å². The van der Waals surface area contributed by atoms with Crippen LogP contribution >= 0.6 is 12.6 Å². The highest BCUT2D eigenvalue weighted by molar-refractivity contribution is 7.80. The van der Waals surface area contributed by atoms with E-state index >= 15 is 0 Å². The molecule has 2 unspecified atom stereocenters. The molecular weight excluding hydrogens is 360 g/mol. The second kappa shape index (κ2) is 11.1. The standard InChI is InChI=1S/C16H22N4O5S/c17-7-13(21)20-12(9-26)15(23)18-8-14(22)19-11(16(24)25)6-10-4-2-1-3-5-10/h1-5,11-12,26H,6-9,17H2,(H,18,23)(H,19,22)(H,20,21)(H,24,25). The summed E-state index contributed by atoms with van der Waals surface area (Å²) in [6.07, 6.45) is 0.113. The van der Waals surface area contributed by atoms with E-state index in [0.717, 1.165) is 5.56 Å². The van der Waals surface area contributed by atoms with Gasteiger partial charge < -0.3 is 26.8 Å². The van der Waals surface area contributed by atoms with Crippen LogP contribution in [0.15, 0.2) is 30.3 Å². The number of nitrogens with two attached hydrogens (primary N) is 1. The van der Waals surface area contributed by atoms with E-state index in [2.05, 4.69) is 28.6 Å². The van der Waals surface area contributed by atoms with E-state index in [4.69, 9.17) is 5.73 Å². The molecule has 0 fully saturated rings. The zero-order valence-electron chi connectivity index (χ0n) is 14.0. The lowest BCUT2D eigenvalue weighted by molar-refractivity contribution is -0.141. The first-order valence-corrected chi connectivity index (χ1v) is 8.44. The smallest absolute Gasteiger partial charge is 0.326 e. The van der Waals surface area contributed by atoms with Crippen LogP contribution in [0.25, 0.3) is 0 Å². The Kier molecular flexibility index (Phi) is 9.17. The van der Waals surface area contributed by atoms with E-state index in [1.807, 2.05) is 0 Å². The molecule has 9 nitrogen and oxygen atoms in total. The third-order valence-corrected chi connectivity index (χ3v) is 3.72. The average Bonchev–Trinajstić information content (AvgIpc) is 2.64. The normalized spacial score (nSPS) is 12.5. The molecular formula is C16H22N4O5S. The van der Waals surface area contributed by atoms with Crippen LogP contribution in [0.5, 0.6) is 0 Å². The monoisotopic (exact) mass is 382 g/mol. The molecule has 142 valence electrons. The van der Waals surface area contributed by atoms with E-state index < -0.39 is 42.3 Å². The molecule has 0 radical (unpaired) electrons. The predicted octanol–water partition coefficient (Wildman–Crippen LogP) is -1.71. The van der Waals surface area contributed by atoms with Crippen molar-refractivity contribution < 1.29 is 24.3 Å². The Morgan fingerprint density at radius 3 is 2.19 bits per heavy atom. The van der Waals surface area contributed by atoms with Gasteiger partial charge in [-0.05, 0) is 5.56 Å². The number of carboxylic acids is 1. The van der Waals surface area contributed by atoms with Gasteiger partial charge in [-0.3, -0.25) is 14.4 Å². The molecule has 1 rings (SSSR count). The maximum atomic E-state index is 11.9. The van der Waals surface area contributed by atoms with Gasteiger partial charge in [-0.25, -0.2) is 4.79 Å². The van der Waals surface area contributed by atoms with E-state index in [0.29, 0.717) is 0 Å². The van der Waals surface area contributed by atoms with Gasteiger partial charge >= 0.3 is 5.97 Å². The van der Waals surface area contributed by atoms with Gasteiger partial charge in [0.05, 0.1) is 13.1 Å². The molecule has 26 heavy (non-hydrogen) atoms. The van der Waals surface area contributed by atoms with Gasteiger partial charge in [-0.2, -0.15) is 12.6 Å². The number of carbonyl (C=O) groups excluding carboxylic acids is 3. The first-order chi connectivity index (χ1) is 12.4. The molecule has 10 heteroatoms. The summed E-state index contributed by atoms with van der Waals surface area (Å²) in [7, 11) is 0. The zero-order valence-corrected chi connectivity index (χ0v) is 14.9. The third kappa shape index (κ3) is 7.53. The minimum absolute atomic E-state index is 0.0188. The van der Waals surface area contributed by atoms with E-state index in [1.165, 1.54) is 0 Å². The highest BCUT2D eigenvalue weighted by Crippen LogP contribution is 2.03. The van der Waals surface area contributed by atoms with Crippen molar-refractivity contribution in [1.82, 2.24) is 16.0 Å². The van der Waals surface area contributed by atoms with Crippen molar-refractivity contribution in [2.75, 3.05) is 18.8 Å². The Balaban J connectivity index is 2.53. The first-order valence-electron chi connectivity index (χ1n) is 7.81. The van der Waals surface area contributed by atoms with Gasteiger partial charge in [0.25, 0.3) is 0 Å². The fourth-order valence-electron chi connectivity index (χ4n) is 2.03. The highest BCUT2D eigenvalue weighted by Gasteiger charge is 2.22. The summed E-state index contributed by atoms with van der Waals surface area (Å²) < 4.78 is 0. The third-order valence-electron chi connectivity index (χ3n) is 3.36. The fourth-order valence-corrected chi connectivity index (χ4v) is 2.29. The Labute approximate surface area is 156 Å². The first kappa shape index (κ1) is 21.5. The zero-order chi connectivity index (χ0) is 19.5. The SMILES string of the molecule is NCC(=O)NC(CS)C(=O)NCC(=O)NC(Cc1ccccc1)C(=O)O. The lowest BCUT2D eigenvalue weighted by Gasteiger charge is -2.17. The number of hydrogen-bond acceptors (Lipinski definition) is 6. The van der Waals surface area contributed by atoms with Crippen molar-refractivity contribution in [3.8, 4) is 0 Å². The average molecular weight is 382 g/mol. The van der Waals surface area contributed by atoms with E-state index in [1.54, 1.807) is 30.3 Å². The van der Waals surface area contributed by atoms with Crippen LogP contribution in [0.1, 0.15) is 5.56 Å². The molecule has 0 aromatic heterocycles. The Morgan fingerprint density at radius 2 is 1.65 bits per heavy atom. The Bertz CT molecular complexity index is 641. The summed E-state index contributed by atoms with van der Waals surface area (Å²) >= 11 is 3.96. The lowest BCUT2D eigenvalue weighted by atomic mass is 10.1. The number of nitrogens with one attached hydrogen (secondary N) is 3. The van der Waals surface area contributed by atoms with E-state index in [9.17, 15) is 24.3 Å². The topological polar surface area (TPSA) is 151 Å². The molecule has 0 saturated carbocycles.